The molecule has 1 fully saturated rings. The minimum atomic E-state index is 0.257. The van der Waals surface area contributed by atoms with E-state index in [4.69, 9.17) is 10.6 Å². The van der Waals surface area contributed by atoms with Crippen molar-refractivity contribution in [1.29, 1.82) is 0 Å². The Labute approximate surface area is 108 Å². The van der Waals surface area contributed by atoms with Crippen LogP contribution in [0.25, 0.3) is 0 Å². The Hall–Kier alpha value is -1.59. The van der Waals surface area contributed by atoms with Gasteiger partial charge in [0.2, 0.25) is 5.96 Å². The van der Waals surface area contributed by atoms with Crippen LogP contribution in [0.1, 0.15) is 12.8 Å². The first-order valence-corrected chi connectivity index (χ1v) is 6.21. The molecule has 1 aromatic carbocycles. The molecule has 0 aromatic heterocycles. The fourth-order valence-corrected chi connectivity index (χ4v) is 2.14. The largest absolute Gasteiger partial charge is 0.380 e. The van der Waals surface area contributed by atoms with Crippen molar-refractivity contribution in [3.63, 3.8) is 0 Å². The predicted molar refractivity (Wildman–Crippen MR) is 72.5 cm³/mol. The van der Waals surface area contributed by atoms with Crippen LogP contribution < -0.4 is 11.3 Å². The maximum Gasteiger partial charge on any atom is 0.213 e. The second-order valence-corrected chi connectivity index (χ2v) is 4.36. The van der Waals surface area contributed by atoms with E-state index in [1.54, 1.807) is 7.11 Å². The zero-order chi connectivity index (χ0) is 12.8. The molecule has 1 atom stereocenters. The molecule has 0 radical (unpaired) electrons. The number of nitrogens with zero attached hydrogens (tertiary/aromatic N) is 2. The van der Waals surface area contributed by atoms with E-state index < -0.39 is 0 Å². The van der Waals surface area contributed by atoms with Gasteiger partial charge in [-0.1, -0.05) is 18.2 Å². The number of aliphatic imine (C=N–C) groups is 1. The molecule has 1 aliphatic heterocycles. The van der Waals surface area contributed by atoms with E-state index in [0.29, 0.717) is 5.96 Å². The zero-order valence-electron chi connectivity index (χ0n) is 10.7. The maximum absolute atomic E-state index is 5.58. The van der Waals surface area contributed by atoms with Crippen LogP contribution in [0, 0.1) is 0 Å². The van der Waals surface area contributed by atoms with Crippen molar-refractivity contribution in [3.8, 4) is 0 Å². The maximum atomic E-state index is 5.58. The summed E-state index contributed by atoms with van der Waals surface area (Å²) in [4.78, 5) is 6.65. The van der Waals surface area contributed by atoms with E-state index in [1.807, 2.05) is 30.3 Å². The lowest BCUT2D eigenvalue weighted by Crippen LogP contribution is -2.50. The predicted octanol–water partition coefficient (Wildman–Crippen LogP) is 1.25. The number of likely N-dealkylation sites (tertiary alicyclic amines) is 1. The summed E-state index contributed by atoms with van der Waals surface area (Å²) < 4.78 is 5.40. The van der Waals surface area contributed by atoms with Gasteiger partial charge in [-0.05, 0) is 25.0 Å². The molecule has 0 aliphatic carbocycles. The van der Waals surface area contributed by atoms with E-state index in [9.17, 15) is 0 Å². The second-order valence-electron chi connectivity index (χ2n) is 4.36. The van der Waals surface area contributed by atoms with E-state index in [1.165, 1.54) is 0 Å². The molecule has 0 spiro atoms. The quantitative estimate of drug-likeness (QED) is 0.358. The van der Waals surface area contributed by atoms with Crippen molar-refractivity contribution in [3.05, 3.63) is 30.3 Å². The van der Waals surface area contributed by atoms with Crippen LogP contribution in [0.5, 0.6) is 0 Å². The Balaban J connectivity index is 2.10. The highest BCUT2D eigenvalue weighted by molar-refractivity contribution is 5.82. The normalized spacial score (nSPS) is 20.9. The molecule has 5 heteroatoms. The minimum absolute atomic E-state index is 0.257. The molecule has 1 aromatic rings. The van der Waals surface area contributed by atoms with Crippen LogP contribution in [0.4, 0.5) is 5.69 Å². The Morgan fingerprint density at radius 2 is 2.22 bits per heavy atom. The number of para-hydroxylation sites is 1. The molecular weight excluding hydrogens is 228 g/mol. The number of hydrazine groups is 1. The molecule has 1 saturated heterocycles. The molecular formula is C13H20N4O. The van der Waals surface area contributed by atoms with Crippen molar-refractivity contribution >= 4 is 11.6 Å². The average Bonchev–Trinajstić information content (AvgIpc) is 2.46. The Morgan fingerprint density at radius 1 is 1.44 bits per heavy atom. The summed E-state index contributed by atoms with van der Waals surface area (Å²) >= 11 is 0. The third-order valence-electron chi connectivity index (χ3n) is 3.13. The number of methoxy groups -OCH3 is 1. The molecule has 2 rings (SSSR count). The third kappa shape index (κ3) is 3.21. The fraction of sp³-hybridized carbons (Fsp3) is 0.462. The van der Waals surface area contributed by atoms with Crippen molar-refractivity contribution in [2.45, 2.75) is 18.9 Å². The van der Waals surface area contributed by atoms with Crippen LogP contribution in [-0.2, 0) is 4.74 Å². The lowest BCUT2D eigenvalue weighted by atomic mass is 10.1. The average molecular weight is 248 g/mol. The van der Waals surface area contributed by atoms with Crippen LogP contribution in [-0.4, -0.2) is 37.2 Å². The summed E-state index contributed by atoms with van der Waals surface area (Å²) in [6, 6.07) is 9.79. The lowest BCUT2D eigenvalue weighted by Gasteiger charge is -2.33. The van der Waals surface area contributed by atoms with Crippen molar-refractivity contribution in [2.24, 2.45) is 10.8 Å². The van der Waals surface area contributed by atoms with E-state index in [0.717, 1.165) is 31.6 Å². The van der Waals surface area contributed by atoms with Crippen molar-refractivity contribution in [1.82, 2.24) is 10.3 Å². The molecule has 1 aliphatic rings. The molecule has 0 saturated carbocycles. The summed E-state index contributed by atoms with van der Waals surface area (Å²) in [5.74, 6) is 6.27. The molecule has 98 valence electrons. The highest BCUT2D eigenvalue weighted by Crippen LogP contribution is 2.15. The van der Waals surface area contributed by atoms with Gasteiger partial charge in [-0.3, -0.25) is 5.43 Å². The molecule has 5 nitrogen and oxygen atoms in total. The van der Waals surface area contributed by atoms with Gasteiger partial charge >= 0.3 is 0 Å². The van der Waals surface area contributed by atoms with Gasteiger partial charge in [0.25, 0.3) is 0 Å². The number of hydrogen-bond donors (Lipinski definition) is 2. The molecule has 0 amide bonds. The van der Waals surface area contributed by atoms with Crippen molar-refractivity contribution < 1.29 is 4.74 Å². The number of ether oxygens (including phenoxy) is 1. The van der Waals surface area contributed by atoms with Crippen LogP contribution in [0.15, 0.2) is 35.3 Å². The lowest BCUT2D eigenvalue weighted by molar-refractivity contribution is 0.0526. The van der Waals surface area contributed by atoms with Gasteiger partial charge in [-0.25, -0.2) is 10.8 Å². The van der Waals surface area contributed by atoms with E-state index in [2.05, 4.69) is 15.3 Å². The topological polar surface area (TPSA) is 62.9 Å². The summed E-state index contributed by atoms with van der Waals surface area (Å²) in [5.41, 5.74) is 3.58. The van der Waals surface area contributed by atoms with Gasteiger partial charge in [0, 0.05) is 20.2 Å². The number of nitrogens with two attached hydrogens (primary N) is 1. The van der Waals surface area contributed by atoms with E-state index in [-0.39, 0.29) is 6.10 Å². The third-order valence-corrected chi connectivity index (χ3v) is 3.13. The summed E-state index contributed by atoms with van der Waals surface area (Å²) in [6.45, 7) is 1.78. The molecule has 3 N–H and O–H groups in total. The second kappa shape index (κ2) is 6.37. The number of piperidine rings is 1. The van der Waals surface area contributed by atoms with Gasteiger partial charge in [0.15, 0.2) is 0 Å². The van der Waals surface area contributed by atoms with Gasteiger partial charge in [-0.2, -0.15) is 0 Å². The van der Waals surface area contributed by atoms with Gasteiger partial charge in [0.1, 0.15) is 0 Å². The van der Waals surface area contributed by atoms with Crippen LogP contribution in [0.2, 0.25) is 0 Å². The minimum Gasteiger partial charge on any atom is -0.380 e. The number of rotatable bonds is 2. The summed E-state index contributed by atoms with van der Waals surface area (Å²) in [7, 11) is 1.75. The number of guanidine groups is 1. The Kier molecular flexibility index (Phi) is 4.55. The monoisotopic (exact) mass is 248 g/mol. The summed E-state index contributed by atoms with van der Waals surface area (Å²) in [6.07, 6.45) is 2.44. The first-order valence-electron chi connectivity index (χ1n) is 6.21. The Bertz CT molecular complexity index is 393. The molecule has 0 bridgehead atoms. The van der Waals surface area contributed by atoms with Crippen LogP contribution in [0.3, 0.4) is 0 Å². The Morgan fingerprint density at radius 3 is 2.89 bits per heavy atom. The summed E-state index contributed by atoms with van der Waals surface area (Å²) in [5, 5.41) is 0. The first kappa shape index (κ1) is 12.9. The van der Waals surface area contributed by atoms with Crippen LogP contribution >= 0.6 is 0 Å². The molecule has 1 unspecified atom stereocenters. The number of hydrogen-bond acceptors (Lipinski definition) is 3. The number of nitrogens with one attached hydrogen (secondary N) is 1. The van der Waals surface area contributed by atoms with Gasteiger partial charge < -0.3 is 9.64 Å². The van der Waals surface area contributed by atoms with Crippen molar-refractivity contribution in [2.75, 3.05) is 20.2 Å². The standard InChI is InChI=1S/C13H20N4O/c1-18-12-8-5-9-17(10-12)13(16-14)15-11-6-3-2-4-7-11/h2-4,6-7,12H,5,8-10,14H2,1H3,(H,15,16). The molecule has 18 heavy (non-hydrogen) atoms. The number of benzene rings is 1. The SMILES string of the molecule is COC1CCCN(C(=Nc2ccccc2)NN)C1. The first-order chi connectivity index (χ1) is 8.83. The van der Waals surface area contributed by atoms with Gasteiger partial charge in [-0.15, -0.1) is 0 Å². The fourth-order valence-electron chi connectivity index (χ4n) is 2.14. The van der Waals surface area contributed by atoms with Gasteiger partial charge in [0.05, 0.1) is 11.8 Å². The smallest absolute Gasteiger partial charge is 0.213 e. The zero-order valence-corrected chi connectivity index (χ0v) is 10.7. The molecule has 1 heterocycles. The highest BCUT2D eigenvalue weighted by Gasteiger charge is 2.21. The highest BCUT2D eigenvalue weighted by atomic mass is 16.5. The van der Waals surface area contributed by atoms with E-state index >= 15 is 0 Å².